The van der Waals surface area contributed by atoms with E-state index in [1.807, 2.05) is 11.8 Å². The molecule has 1 aliphatic heterocycles. The second-order valence-corrected chi connectivity index (χ2v) is 6.93. The van der Waals surface area contributed by atoms with E-state index in [-0.39, 0.29) is 0 Å². The van der Waals surface area contributed by atoms with Gasteiger partial charge in [-0.05, 0) is 11.8 Å². The summed E-state index contributed by atoms with van der Waals surface area (Å²) in [7, 11) is 0. The summed E-state index contributed by atoms with van der Waals surface area (Å²) in [6, 6.07) is 1.31. The van der Waals surface area contributed by atoms with Gasteiger partial charge in [0.05, 0.1) is 5.75 Å². The minimum Gasteiger partial charge on any atom is -0.311 e. The quantitative estimate of drug-likeness (QED) is 0.588. The fraction of sp³-hybridized carbons (Fsp3) is 0.867. The summed E-state index contributed by atoms with van der Waals surface area (Å²) >= 11 is 1.87. The van der Waals surface area contributed by atoms with Crippen molar-refractivity contribution in [3.8, 4) is 12.3 Å². The molecule has 1 rings (SSSR count). The molecule has 1 fully saturated rings. The lowest BCUT2D eigenvalue weighted by atomic mass is 9.94. The number of rotatable bonds is 6. The minimum absolute atomic E-state index is 0.637. The predicted molar refractivity (Wildman–Crippen MR) is 83.0 cm³/mol. The summed E-state index contributed by atoms with van der Waals surface area (Å²) in [4.78, 5) is 2.66. The Labute approximate surface area is 117 Å². The third kappa shape index (κ3) is 4.84. The lowest BCUT2D eigenvalue weighted by Gasteiger charge is -2.43. The van der Waals surface area contributed by atoms with Crippen molar-refractivity contribution in [1.29, 1.82) is 0 Å². The summed E-state index contributed by atoms with van der Waals surface area (Å²) < 4.78 is 0. The molecule has 0 aromatic rings. The molecule has 0 aliphatic carbocycles. The molecule has 1 saturated heterocycles. The van der Waals surface area contributed by atoms with Crippen LogP contribution in [0, 0.1) is 24.2 Å². The first-order valence-corrected chi connectivity index (χ1v) is 8.20. The molecule has 0 aromatic carbocycles. The molecule has 0 amide bonds. The molecule has 0 saturated carbocycles. The fourth-order valence-corrected chi connectivity index (χ4v) is 3.15. The van der Waals surface area contributed by atoms with E-state index in [4.69, 9.17) is 6.42 Å². The second kappa shape index (κ2) is 8.09. The SMILES string of the molecule is C#CCSCCN1CC(C(C)C)NCC1C(C)C. The number of hydrogen-bond acceptors (Lipinski definition) is 3. The van der Waals surface area contributed by atoms with Crippen molar-refractivity contribution in [3.63, 3.8) is 0 Å². The molecule has 0 bridgehead atoms. The van der Waals surface area contributed by atoms with Crippen LogP contribution >= 0.6 is 11.8 Å². The van der Waals surface area contributed by atoms with Gasteiger partial charge < -0.3 is 5.32 Å². The van der Waals surface area contributed by atoms with Crippen LogP contribution in [0.3, 0.4) is 0 Å². The van der Waals surface area contributed by atoms with Crippen LogP contribution < -0.4 is 5.32 Å². The zero-order valence-corrected chi connectivity index (χ0v) is 13.1. The molecule has 0 spiro atoms. The molecule has 0 aromatic heterocycles. The summed E-state index contributed by atoms with van der Waals surface area (Å²) in [6.07, 6.45) is 5.29. The Kier molecular flexibility index (Phi) is 7.14. The fourth-order valence-electron chi connectivity index (χ4n) is 2.53. The van der Waals surface area contributed by atoms with Crippen LogP contribution in [0.2, 0.25) is 0 Å². The zero-order chi connectivity index (χ0) is 13.5. The highest BCUT2D eigenvalue weighted by Gasteiger charge is 2.30. The monoisotopic (exact) mass is 268 g/mol. The number of hydrogen-bond donors (Lipinski definition) is 1. The number of piperazine rings is 1. The summed E-state index contributed by atoms with van der Waals surface area (Å²) in [6.45, 7) is 12.7. The van der Waals surface area contributed by atoms with Gasteiger partial charge in [-0.1, -0.05) is 33.6 Å². The van der Waals surface area contributed by atoms with E-state index >= 15 is 0 Å². The van der Waals surface area contributed by atoms with Crippen molar-refractivity contribution in [2.24, 2.45) is 11.8 Å². The van der Waals surface area contributed by atoms with E-state index in [9.17, 15) is 0 Å². The van der Waals surface area contributed by atoms with Crippen LogP contribution in [0.1, 0.15) is 27.7 Å². The molecule has 104 valence electrons. The Morgan fingerprint density at radius 2 is 2.06 bits per heavy atom. The Morgan fingerprint density at radius 3 is 2.61 bits per heavy atom. The maximum Gasteiger partial charge on any atom is 0.0545 e. The first-order chi connectivity index (χ1) is 8.56. The van der Waals surface area contributed by atoms with Crippen LogP contribution in [-0.2, 0) is 0 Å². The topological polar surface area (TPSA) is 15.3 Å². The number of nitrogens with zero attached hydrogens (tertiary/aromatic N) is 1. The summed E-state index contributed by atoms with van der Waals surface area (Å²) in [5.41, 5.74) is 0. The van der Waals surface area contributed by atoms with Gasteiger partial charge in [-0.25, -0.2) is 0 Å². The minimum atomic E-state index is 0.637. The van der Waals surface area contributed by atoms with Crippen LogP contribution in [0.25, 0.3) is 0 Å². The Morgan fingerprint density at radius 1 is 1.33 bits per heavy atom. The molecule has 1 heterocycles. The van der Waals surface area contributed by atoms with Crippen molar-refractivity contribution >= 4 is 11.8 Å². The van der Waals surface area contributed by atoms with E-state index in [2.05, 4.69) is 43.8 Å². The van der Waals surface area contributed by atoms with Gasteiger partial charge in [0, 0.05) is 37.5 Å². The molecule has 2 unspecified atom stereocenters. The lowest BCUT2D eigenvalue weighted by molar-refractivity contribution is 0.0918. The van der Waals surface area contributed by atoms with Crippen LogP contribution in [0.5, 0.6) is 0 Å². The summed E-state index contributed by atoms with van der Waals surface area (Å²) in [5.74, 6) is 6.11. The first-order valence-electron chi connectivity index (χ1n) is 7.05. The van der Waals surface area contributed by atoms with Gasteiger partial charge in [0.1, 0.15) is 0 Å². The maximum atomic E-state index is 5.29. The number of thioether (sulfide) groups is 1. The van der Waals surface area contributed by atoms with Gasteiger partial charge in [-0.15, -0.1) is 18.2 Å². The van der Waals surface area contributed by atoms with Crippen molar-refractivity contribution in [2.45, 2.75) is 39.8 Å². The molecular weight excluding hydrogens is 240 g/mol. The van der Waals surface area contributed by atoms with Gasteiger partial charge in [-0.2, -0.15) is 0 Å². The van der Waals surface area contributed by atoms with Crippen molar-refractivity contribution in [3.05, 3.63) is 0 Å². The highest BCUT2D eigenvalue weighted by atomic mass is 32.2. The average molecular weight is 268 g/mol. The molecule has 2 nitrogen and oxygen atoms in total. The molecule has 2 atom stereocenters. The Balaban J connectivity index is 2.47. The van der Waals surface area contributed by atoms with E-state index < -0.39 is 0 Å². The van der Waals surface area contributed by atoms with E-state index in [0.29, 0.717) is 23.9 Å². The van der Waals surface area contributed by atoms with Gasteiger partial charge in [-0.3, -0.25) is 4.90 Å². The van der Waals surface area contributed by atoms with Gasteiger partial charge >= 0.3 is 0 Å². The maximum absolute atomic E-state index is 5.29. The van der Waals surface area contributed by atoms with Crippen LogP contribution in [-0.4, -0.2) is 48.1 Å². The Bertz CT molecular complexity index is 270. The van der Waals surface area contributed by atoms with Crippen molar-refractivity contribution < 1.29 is 0 Å². The average Bonchev–Trinajstić information content (AvgIpc) is 2.34. The smallest absolute Gasteiger partial charge is 0.0545 e. The zero-order valence-electron chi connectivity index (χ0n) is 12.3. The van der Waals surface area contributed by atoms with Crippen molar-refractivity contribution in [2.75, 3.05) is 31.1 Å². The van der Waals surface area contributed by atoms with Gasteiger partial charge in [0.2, 0.25) is 0 Å². The normalized spacial score (nSPS) is 25.6. The molecule has 1 N–H and O–H groups in total. The van der Waals surface area contributed by atoms with E-state index in [1.165, 1.54) is 13.1 Å². The highest BCUT2D eigenvalue weighted by molar-refractivity contribution is 7.99. The second-order valence-electron chi connectivity index (χ2n) is 5.82. The Hall–Kier alpha value is -0.170. The number of nitrogens with one attached hydrogen (secondary N) is 1. The third-order valence-electron chi connectivity index (χ3n) is 3.77. The predicted octanol–water partition coefficient (Wildman–Crippen LogP) is 2.31. The van der Waals surface area contributed by atoms with E-state index in [1.54, 1.807) is 0 Å². The third-order valence-corrected chi connectivity index (χ3v) is 4.61. The largest absolute Gasteiger partial charge is 0.311 e. The first kappa shape index (κ1) is 15.9. The molecule has 3 heteroatoms. The molecular formula is C15H28N2S. The van der Waals surface area contributed by atoms with Crippen LogP contribution in [0.4, 0.5) is 0 Å². The summed E-state index contributed by atoms with van der Waals surface area (Å²) in [5, 5.41) is 3.70. The molecule has 0 radical (unpaired) electrons. The van der Waals surface area contributed by atoms with E-state index in [0.717, 1.165) is 18.1 Å². The van der Waals surface area contributed by atoms with Gasteiger partial charge in [0.25, 0.3) is 0 Å². The van der Waals surface area contributed by atoms with Crippen LogP contribution in [0.15, 0.2) is 0 Å². The standard InChI is InChI=1S/C15H28N2S/c1-6-8-18-9-7-17-11-14(12(2)3)16-10-15(17)13(4)5/h1,12-16H,7-11H2,2-5H3. The molecule has 18 heavy (non-hydrogen) atoms. The lowest BCUT2D eigenvalue weighted by Crippen LogP contribution is -2.60. The van der Waals surface area contributed by atoms with Gasteiger partial charge in [0.15, 0.2) is 0 Å². The highest BCUT2D eigenvalue weighted by Crippen LogP contribution is 2.18. The molecule has 1 aliphatic rings. The number of terminal acetylenes is 1. The van der Waals surface area contributed by atoms with Crippen molar-refractivity contribution in [1.82, 2.24) is 10.2 Å².